The number of thiazole rings is 1. The normalized spacial score (nSPS) is 21.4. The molecule has 1 aliphatic heterocycles. The van der Waals surface area contributed by atoms with Gasteiger partial charge in [-0.1, -0.05) is 65.6 Å². The van der Waals surface area contributed by atoms with E-state index in [0.717, 1.165) is 37.0 Å². The smallest absolute Gasteiger partial charge is 0.273 e. The Morgan fingerprint density at radius 1 is 1.05 bits per heavy atom. The first-order valence-electron chi connectivity index (χ1n) is 14.0. The third-order valence-corrected chi connectivity index (χ3v) is 12.5. The summed E-state index contributed by atoms with van der Waals surface area (Å²) in [5, 5.41) is -0.369. The molecule has 0 radical (unpaired) electrons. The maximum Gasteiger partial charge on any atom is 0.273 e. The Morgan fingerprint density at radius 3 is 2.41 bits per heavy atom. The van der Waals surface area contributed by atoms with Crippen LogP contribution in [-0.2, 0) is 31.5 Å². The van der Waals surface area contributed by atoms with Gasteiger partial charge >= 0.3 is 0 Å². The van der Waals surface area contributed by atoms with E-state index in [2.05, 4.69) is 0 Å². The van der Waals surface area contributed by atoms with Gasteiger partial charge in [0.15, 0.2) is 6.54 Å². The number of thioether (sulfide) groups is 1. The van der Waals surface area contributed by atoms with Crippen molar-refractivity contribution in [3.63, 3.8) is 0 Å². The van der Waals surface area contributed by atoms with Crippen molar-refractivity contribution in [1.29, 1.82) is 0 Å². The zero-order chi connectivity index (χ0) is 31.8. The molecule has 1 fully saturated rings. The van der Waals surface area contributed by atoms with Crippen LogP contribution in [0.1, 0.15) is 25.8 Å². The SMILES string of the molecule is COC1=CC2C(C=C1)S/C(=C/C(C)=C\c1sc3ccc(-c4ccccc4)cc3[n+]1CC(C)S(=O)(=O)O)N2CC(C)S(=O)(=O)O. The van der Waals surface area contributed by atoms with Gasteiger partial charge in [0.2, 0.25) is 5.52 Å². The number of methoxy groups -OCH3 is 1. The minimum Gasteiger partial charge on any atom is -0.497 e. The predicted octanol–water partition coefficient (Wildman–Crippen LogP) is 5.54. The second kappa shape index (κ2) is 12.8. The molecule has 5 rings (SSSR count). The van der Waals surface area contributed by atoms with Gasteiger partial charge in [0, 0.05) is 18.7 Å². The third kappa shape index (κ3) is 7.13. The molecule has 1 saturated heterocycles. The number of fused-ring (bicyclic) bond motifs is 2. The summed E-state index contributed by atoms with van der Waals surface area (Å²) < 4.78 is 75.8. The van der Waals surface area contributed by atoms with Crippen LogP contribution >= 0.6 is 23.1 Å². The van der Waals surface area contributed by atoms with E-state index in [1.165, 1.54) is 25.2 Å². The molecule has 2 heterocycles. The Morgan fingerprint density at radius 2 is 1.75 bits per heavy atom. The standard InChI is InChI=1S/C31H34N2O7S4/c1-20(15-31-33(19-22(3)44(37,38)39)27-17-25(40-4)11-13-29(27)42-31)14-30-32(18-21(2)43(34,35)36)26-16-24(10-12-28(26)41-30)23-8-6-5-7-9-23/h5-17,21-22,27,29H,18-19H2,1-4H3,(H-,34,35,36,37,38,39)/p+1. The summed E-state index contributed by atoms with van der Waals surface area (Å²) in [6.07, 6.45) is 9.82. The Bertz CT molecular complexity index is 1890. The molecule has 1 aliphatic carbocycles. The van der Waals surface area contributed by atoms with Crippen LogP contribution in [0.15, 0.2) is 89.2 Å². The number of benzene rings is 2. The van der Waals surface area contributed by atoms with Gasteiger partial charge in [0.25, 0.3) is 25.2 Å². The molecule has 4 unspecified atom stereocenters. The summed E-state index contributed by atoms with van der Waals surface area (Å²) in [7, 11) is -6.94. The molecular weight excluding hydrogens is 641 g/mol. The lowest BCUT2D eigenvalue weighted by Crippen LogP contribution is -2.42. The van der Waals surface area contributed by atoms with Crippen LogP contribution in [0.5, 0.6) is 0 Å². The maximum absolute atomic E-state index is 12.0. The fraction of sp³-hybridized carbons (Fsp3) is 0.323. The molecule has 234 valence electrons. The summed E-state index contributed by atoms with van der Waals surface area (Å²) in [4.78, 5) is 1.97. The molecule has 4 atom stereocenters. The summed E-state index contributed by atoms with van der Waals surface area (Å²) in [6.45, 7) is 5.04. The molecule has 13 heteroatoms. The van der Waals surface area contributed by atoms with Gasteiger partial charge < -0.3 is 9.64 Å². The number of ether oxygens (including phenoxy) is 1. The molecule has 2 aliphatic rings. The molecule has 2 N–H and O–H groups in total. The van der Waals surface area contributed by atoms with E-state index in [-0.39, 0.29) is 24.4 Å². The summed E-state index contributed by atoms with van der Waals surface area (Å²) >= 11 is 3.11. The van der Waals surface area contributed by atoms with E-state index in [4.69, 9.17) is 4.74 Å². The average molecular weight is 676 g/mol. The fourth-order valence-electron chi connectivity index (χ4n) is 5.18. The lowest BCUT2D eigenvalue weighted by Gasteiger charge is -2.29. The molecule has 0 amide bonds. The van der Waals surface area contributed by atoms with Crippen molar-refractivity contribution in [2.75, 3.05) is 13.7 Å². The third-order valence-electron chi connectivity index (χ3n) is 7.71. The van der Waals surface area contributed by atoms with Gasteiger partial charge in [-0.3, -0.25) is 9.11 Å². The summed E-state index contributed by atoms with van der Waals surface area (Å²) in [5.74, 6) is 0.680. The first-order chi connectivity index (χ1) is 20.7. The van der Waals surface area contributed by atoms with Crippen molar-refractivity contribution in [3.8, 4) is 11.1 Å². The first kappa shape index (κ1) is 32.5. The van der Waals surface area contributed by atoms with Crippen molar-refractivity contribution >= 4 is 59.6 Å². The van der Waals surface area contributed by atoms with Crippen molar-refractivity contribution in [1.82, 2.24) is 4.90 Å². The zero-order valence-electron chi connectivity index (χ0n) is 24.7. The largest absolute Gasteiger partial charge is 0.497 e. The Labute approximate surface area is 266 Å². The van der Waals surface area contributed by atoms with E-state index >= 15 is 0 Å². The zero-order valence-corrected chi connectivity index (χ0v) is 28.0. The molecule has 0 saturated carbocycles. The summed E-state index contributed by atoms with van der Waals surface area (Å²) in [5.41, 5.74) is 3.74. The molecule has 2 aromatic carbocycles. The van der Waals surface area contributed by atoms with Crippen LogP contribution in [-0.4, -0.2) is 66.3 Å². The molecular formula is C31H35N2O7S4+. The molecule has 44 heavy (non-hydrogen) atoms. The minimum atomic E-state index is -4.27. The van der Waals surface area contributed by atoms with E-state index in [1.807, 2.05) is 95.3 Å². The molecule has 3 aromatic rings. The number of rotatable bonds is 10. The van der Waals surface area contributed by atoms with Crippen molar-refractivity contribution in [3.05, 3.63) is 94.2 Å². The quantitative estimate of drug-likeness (QED) is 0.211. The van der Waals surface area contributed by atoms with Crippen LogP contribution in [0.3, 0.4) is 0 Å². The van der Waals surface area contributed by atoms with E-state index < -0.39 is 30.7 Å². The second-order valence-electron chi connectivity index (χ2n) is 11.0. The highest BCUT2D eigenvalue weighted by Gasteiger charge is 2.39. The van der Waals surface area contributed by atoms with Crippen LogP contribution in [0.4, 0.5) is 0 Å². The lowest BCUT2D eigenvalue weighted by molar-refractivity contribution is -0.667. The van der Waals surface area contributed by atoms with Crippen LogP contribution in [0.25, 0.3) is 27.4 Å². The molecule has 0 bridgehead atoms. The van der Waals surface area contributed by atoms with Gasteiger partial charge in [-0.25, -0.2) is 0 Å². The van der Waals surface area contributed by atoms with Gasteiger partial charge in [-0.15, -0.1) is 0 Å². The monoisotopic (exact) mass is 675 g/mol. The number of hydrogen-bond acceptors (Lipinski definition) is 8. The topological polar surface area (TPSA) is 125 Å². The Hall–Kier alpha value is -2.94. The first-order valence-corrected chi connectivity index (χ1v) is 18.7. The van der Waals surface area contributed by atoms with Crippen LogP contribution in [0, 0.1) is 0 Å². The number of aromatic nitrogens is 1. The maximum atomic E-state index is 12.0. The fourth-order valence-corrected chi connectivity index (χ4v) is 8.41. The highest BCUT2D eigenvalue weighted by atomic mass is 32.2. The Balaban J connectivity index is 1.57. The number of allylic oxidation sites excluding steroid dienone is 3. The molecule has 1 aromatic heterocycles. The molecule has 0 spiro atoms. The van der Waals surface area contributed by atoms with Gasteiger partial charge in [0.1, 0.15) is 21.0 Å². The minimum absolute atomic E-state index is 0.0304. The van der Waals surface area contributed by atoms with Crippen LogP contribution in [0.2, 0.25) is 0 Å². The van der Waals surface area contributed by atoms with E-state index in [0.29, 0.717) is 5.76 Å². The van der Waals surface area contributed by atoms with E-state index in [9.17, 15) is 25.9 Å². The highest BCUT2D eigenvalue weighted by molar-refractivity contribution is 8.04. The van der Waals surface area contributed by atoms with Gasteiger partial charge in [-0.2, -0.15) is 21.4 Å². The Kier molecular flexibility index (Phi) is 9.45. The second-order valence-corrected chi connectivity index (χ2v) is 16.9. The lowest BCUT2D eigenvalue weighted by atomic mass is 10.1. The number of hydrogen-bond donors (Lipinski definition) is 2. The van der Waals surface area contributed by atoms with Crippen LogP contribution < -0.4 is 4.57 Å². The van der Waals surface area contributed by atoms with Gasteiger partial charge in [-0.05, 0) is 61.8 Å². The summed E-state index contributed by atoms with van der Waals surface area (Å²) in [6, 6.07) is 15.8. The van der Waals surface area contributed by atoms with E-state index in [1.54, 1.807) is 18.9 Å². The molecule has 9 nitrogen and oxygen atoms in total. The highest BCUT2D eigenvalue weighted by Crippen LogP contribution is 2.43. The predicted molar refractivity (Wildman–Crippen MR) is 177 cm³/mol. The number of nitrogens with zero attached hydrogens (tertiary/aromatic N) is 2. The van der Waals surface area contributed by atoms with Crippen molar-refractivity contribution in [2.45, 2.75) is 49.1 Å². The van der Waals surface area contributed by atoms with Crippen molar-refractivity contribution in [2.24, 2.45) is 0 Å². The van der Waals surface area contributed by atoms with Gasteiger partial charge in [0.05, 0.1) is 23.4 Å². The average Bonchev–Trinajstić information content (AvgIpc) is 3.48. The van der Waals surface area contributed by atoms with Crippen molar-refractivity contribution < 1.29 is 35.2 Å².